The summed E-state index contributed by atoms with van der Waals surface area (Å²) in [5.41, 5.74) is 5.54. The van der Waals surface area contributed by atoms with Crippen LogP contribution >= 0.6 is 11.6 Å². The van der Waals surface area contributed by atoms with Gasteiger partial charge in [0.05, 0.1) is 0 Å². The Kier molecular flexibility index (Phi) is 5.68. The maximum absolute atomic E-state index is 12.9. The molecule has 2 heterocycles. The average molecular weight is 461 g/mol. The minimum Gasteiger partial charge on any atom is -0.438 e. The van der Waals surface area contributed by atoms with Crippen molar-refractivity contribution in [3.63, 3.8) is 0 Å². The first-order valence-corrected chi connectivity index (χ1v) is 11.4. The zero-order valence-electron chi connectivity index (χ0n) is 18.6. The molecule has 1 aliphatic rings. The van der Waals surface area contributed by atoms with E-state index in [1.165, 1.54) is 0 Å². The van der Waals surface area contributed by atoms with Gasteiger partial charge in [-0.2, -0.15) is 0 Å². The summed E-state index contributed by atoms with van der Waals surface area (Å²) >= 11 is 6.04. The van der Waals surface area contributed by atoms with Crippen LogP contribution in [0.3, 0.4) is 0 Å². The van der Waals surface area contributed by atoms with Crippen LogP contribution in [0.2, 0.25) is 5.02 Å². The lowest BCUT2D eigenvalue weighted by Gasteiger charge is -2.22. The van der Waals surface area contributed by atoms with Crippen molar-refractivity contribution in [1.29, 1.82) is 0 Å². The number of anilines is 2. The second-order valence-electron chi connectivity index (χ2n) is 8.47. The Morgan fingerprint density at radius 2 is 1.88 bits per heavy atom. The Morgan fingerprint density at radius 1 is 1.09 bits per heavy atom. The largest absolute Gasteiger partial charge is 0.438 e. The topological polar surface area (TPSA) is 61.6 Å². The van der Waals surface area contributed by atoms with E-state index in [1.807, 2.05) is 44.4 Å². The number of aromatic nitrogens is 1. The van der Waals surface area contributed by atoms with Crippen molar-refractivity contribution in [1.82, 2.24) is 9.88 Å². The third kappa shape index (κ3) is 4.39. The van der Waals surface area contributed by atoms with E-state index < -0.39 is 0 Å². The predicted molar refractivity (Wildman–Crippen MR) is 133 cm³/mol. The predicted octanol–water partition coefficient (Wildman–Crippen LogP) is 6.58. The molecule has 6 nitrogen and oxygen atoms in total. The molecule has 1 N–H and O–H groups in total. The minimum atomic E-state index is -0.195. The van der Waals surface area contributed by atoms with Crippen LogP contribution in [0.5, 0.6) is 0 Å². The fourth-order valence-electron chi connectivity index (χ4n) is 4.25. The molecule has 7 heteroatoms. The Morgan fingerprint density at radius 3 is 2.64 bits per heavy atom. The van der Waals surface area contributed by atoms with Crippen LogP contribution in [0.25, 0.3) is 22.2 Å². The number of likely N-dealkylation sites (tertiary alicyclic amines) is 1. The lowest BCUT2D eigenvalue weighted by Crippen LogP contribution is -2.34. The summed E-state index contributed by atoms with van der Waals surface area (Å²) in [4.78, 5) is 21.6. The molecular weight excluding hydrogens is 436 g/mol. The highest BCUT2D eigenvalue weighted by atomic mass is 35.5. The number of hydrogen-bond acceptors (Lipinski definition) is 4. The number of urea groups is 1. The van der Waals surface area contributed by atoms with Crippen molar-refractivity contribution in [2.45, 2.75) is 18.9 Å². The SMILES string of the molecule is CN(C)c1ccc(-c2ccc3oc([C@@H]4CCCN4C(=O)Nc4cccc(Cl)c4)nc3c2)cc1. The van der Waals surface area contributed by atoms with E-state index in [4.69, 9.17) is 21.0 Å². The number of nitrogens with zero attached hydrogens (tertiary/aromatic N) is 3. The van der Waals surface area contributed by atoms with E-state index in [9.17, 15) is 4.79 Å². The van der Waals surface area contributed by atoms with Crippen LogP contribution in [-0.4, -0.2) is 36.6 Å². The molecule has 0 radical (unpaired) electrons. The number of nitrogens with one attached hydrogen (secondary N) is 1. The summed E-state index contributed by atoms with van der Waals surface area (Å²) in [5.74, 6) is 0.573. The van der Waals surface area contributed by atoms with Gasteiger partial charge in [-0.15, -0.1) is 0 Å². The first kappa shape index (κ1) is 21.3. The highest BCUT2D eigenvalue weighted by Crippen LogP contribution is 2.35. The minimum absolute atomic E-state index is 0.177. The van der Waals surface area contributed by atoms with Gasteiger partial charge in [-0.25, -0.2) is 9.78 Å². The van der Waals surface area contributed by atoms with E-state index in [2.05, 4.69) is 34.5 Å². The van der Waals surface area contributed by atoms with Gasteiger partial charge in [0.2, 0.25) is 5.89 Å². The quantitative estimate of drug-likeness (QED) is 0.373. The van der Waals surface area contributed by atoms with Crippen LogP contribution in [0.15, 0.2) is 71.1 Å². The Labute approximate surface area is 197 Å². The third-order valence-corrected chi connectivity index (χ3v) is 6.23. The lowest BCUT2D eigenvalue weighted by molar-refractivity contribution is 0.199. The molecule has 168 valence electrons. The summed E-state index contributed by atoms with van der Waals surface area (Å²) in [6, 6.07) is 21.2. The molecule has 0 unspecified atom stereocenters. The lowest BCUT2D eigenvalue weighted by atomic mass is 10.0. The fourth-order valence-corrected chi connectivity index (χ4v) is 4.44. The second-order valence-corrected chi connectivity index (χ2v) is 8.90. The number of rotatable bonds is 4. The zero-order valence-corrected chi connectivity index (χ0v) is 19.3. The third-order valence-electron chi connectivity index (χ3n) is 6.00. The molecule has 2 amide bonds. The molecule has 1 aliphatic heterocycles. The number of carbonyl (C=O) groups excluding carboxylic acids is 1. The van der Waals surface area contributed by atoms with E-state index in [0.717, 1.165) is 40.8 Å². The van der Waals surface area contributed by atoms with Gasteiger partial charge in [0.1, 0.15) is 11.6 Å². The number of fused-ring (bicyclic) bond motifs is 1. The molecular formula is C26H25ClN4O2. The maximum Gasteiger partial charge on any atom is 0.322 e. The van der Waals surface area contributed by atoms with Gasteiger partial charge in [0.25, 0.3) is 0 Å². The monoisotopic (exact) mass is 460 g/mol. The van der Waals surface area contributed by atoms with Crippen LogP contribution in [0.1, 0.15) is 24.8 Å². The normalized spacial score (nSPS) is 15.7. The first-order valence-electron chi connectivity index (χ1n) is 11.0. The molecule has 5 rings (SSSR count). The molecule has 1 aromatic heterocycles. The van der Waals surface area contributed by atoms with Crippen molar-refractivity contribution < 1.29 is 9.21 Å². The number of hydrogen-bond donors (Lipinski definition) is 1. The zero-order chi connectivity index (χ0) is 22.9. The molecule has 0 saturated carbocycles. The standard InChI is InChI=1S/C26H25ClN4O2/c1-30(2)21-11-8-17(9-12-21)18-10-13-24-22(15-18)29-25(33-24)23-7-4-14-31(23)26(32)28-20-6-3-5-19(27)16-20/h3,5-6,8-13,15-16,23H,4,7,14H2,1-2H3,(H,28,32)/t23-/m0/s1. The smallest absolute Gasteiger partial charge is 0.322 e. The van der Waals surface area contributed by atoms with Gasteiger partial charge in [0, 0.05) is 37.0 Å². The fraction of sp³-hybridized carbons (Fsp3) is 0.231. The van der Waals surface area contributed by atoms with Crippen molar-refractivity contribution in [2.24, 2.45) is 0 Å². The number of halogens is 1. The highest BCUT2D eigenvalue weighted by molar-refractivity contribution is 6.30. The van der Waals surface area contributed by atoms with Gasteiger partial charge < -0.3 is 19.5 Å². The number of oxazole rings is 1. The van der Waals surface area contributed by atoms with E-state index in [-0.39, 0.29) is 12.1 Å². The summed E-state index contributed by atoms with van der Waals surface area (Å²) in [6.07, 6.45) is 1.71. The average Bonchev–Trinajstić information content (AvgIpc) is 3.45. The summed E-state index contributed by atoms with van der Waals surface area (Å²) < 4.78 is 6.08. The molecule has 1 atom stereocenters. The molecule has 0 spiro atoms. The molecule has 1 saturated heterocycles. The number of amides is 2. The maximum atomic E-state index is 12.9. The molecule has 0 aliphatic carbocycles. The van der Waals surface area contributed by atoms with E-state index in [0.29, 0.717) is 23.1 Å². The van der Waals surface area contributed by atoms with Crippen LogP contribution < -0.4 is 10.2 Å². The van der Waals surface area contributed by atoms with Gasteiger partial charge in [-0.05, 0) is 66.4 Å². The molecule has 4 aromatic rings. The van der Waals surface area contributed by atoms with Crippen molar-refractivity contribution in [2.75, 3.05) is 30.9 Å². The number of carbonyl (C=O) groups is 1. The Bertz CT molecular complexity index is 1300. The Balaban J connectivity index is 1.38. The van der Waals surface area contributed by atoms with E-state index in [1.54, 1.807) is 17.0 Å². The van der Waals surface area contributed by atoms with Crippen molar-refractivity contribution >= 4 is 40.1 Å². The summed E-state index contributed by atoms with van der Waals surface area (Å²) in [7, 11) is 4.05. The Hall–Kier alpha value is -3.51. The van der Waals surface area contributed by atoms with Crippen molar-refractivity contribution in [3.05, 3.63) is 77.6 Å². The van der Waals surface area contributed by atoms with Gasteiger partial charge in [-0.1, -0.05) is 35.9 Å². The van der Waals surface area contributed by atoms with Gasteiger partial charge in [0.15, 0.2) is 5.58 Å². The first-order chi connectivity index (χ1) is 16.0. The van der Waals surface area contributed by atoms with Crippen LogP contribution in [0, 0.1) is 0 Å². The second kappa shape index (κ2) is 8.79. The molecule has 33 heavy (non-hydrogen) atoms. The van der Waals surface area contributed by atoms with Crippen molar-refractivity contribution in [3.8, 4) is 11.1 Å². The molecule has 0 bridgehead atoms. The van der Waals surface area contributed by atoms with Gasteiger partial charge in [-0.3, -0.25) is 0 Å². The molecule has 1 fully saturated rings. The summed E-state index contributed by atoms with van der Waals surface area (Å²) in [6.45, 7) is 0.652. The van der Waals surface area contributed by atoms with E-state index >= 15 is 0 Å². The summed E-state index contributed by atoms with van der Waals surface area (Å²) in [5, 5.41) is 3.51. The van der Waals surface area contributed by atoms with Crippen LogP contribution in [-0.2, 0) is 0 Å². The van der Waals surface area contributed by atoms with Gasteiger partial charge >= 0.3 is 6.03 Å². The highest BCUT2D eigenvalue weighted by Gasteiger charge is 2.33. The number of benzene rings is 3. The molecule has 3 aromatic carbocycles. The van der Waals surface area contributed by atoms with Crippen LogP contribution in [0.4, 0.5) is 16.2 Å².